The highest BCUT2D eigenvalue weighted by atomic mass is 16.5. The standard InChI is InChI=1S/C61H46O3.C8H8.C7H12.C7H10.2C2H6/c1-39-24-26-46(27-25-39)52-53(57(43-18-10-5-11-19-43)60(62)56(52)42-16-8-4-9-17-42)47-28-32-50(33-29-47)64-51-34-30-48(31-35-51)54-55(49-37-40(2)36-41(3)38-49)59(45-22-14-7-15-23-45)61(63)58(54)44-20-12-6-13-21-44;1-2-8-6-4-3-5-7-8;2*1-7-5-3-2-4-6-7;2*1-2/h6-8,10,12-38,61,63H,4,9H2,1-3H3;1,4,6-7H,3,5H2;5H,2-4,6H2,1H3;3,5-6H,2,4H2,1H3;2*1-2H3. The Bertz CT molecular complexity index is 4030. The van der Waals surface area contributed by atoms with Crippen LogP contribution in [0.25, 0.3) is 33.4 Å². The second-order valence-corrected chi connectivity index (χ2v) is 22.8. The van der Waals surface area contributed by atoms with E-state index in [4.69, 9.17) is 11.2 Å². The summed E-state index contributed by atoms with van der Waals surface area (Å²) in [7, 11) is 0. The maximum absolute atomic E-state index is 14.8. The molecule has 90 heavy (non-hydrogen) atoms. The summed E-state index contributed by atoms with van der Waals surface area (Å²) in [5.41, 5.74) is 28.3. The van der Waals surface area contributed by atoms with Gasteiger partial charge in [0.1, 0.15) is 17.6 Å². The predicted molar refractivity (Wildman–Crippen MR) is 384 cm³/mol. The van der Waals surface area contributed by atoms with Crippen LogP contribution in [0.1, 0.15) is 156 Å². The molecule has 3 heteroatoms. The lowest BCUT2D eigenvalue weighted by Gasteiger charge is -2.16. The number of ketones is 1. The van der Waals surface area contributed by atoms with Crippen molar-refractivity contribution in [2.75, 3.05) is 0 Å². The zero-order valence-corrected chi connectivity index (χ0v) is 54.4. The zero-order valence-electron chi connectivity index (χ0n) is 54.4. The molecule has 454 valence electrons. The molecule has 13 rings (SSSR count). The van der Waals surface area contributed by atoms with Gasteiger partial charge >= 0.3 is 0 Å². The summed E-state index contributed by atoms with van der Waals surface area (Å²) in [6.07, 6.45) is 43.6. The van der Waals surface area contributed by atoms with Crippen LogP contribution in [-0.2, 0) is 4.79 Å². The van der Waals surface area contributed by atoms with Crippen molar-refractivity contribution in [3.8, 4) is 23.8 Å². The number of aliphatic hydroxyl groups excluding tert-OH is 1. The van der Waals surface area contributed by atoms with Gasteiger partial charge in [-0.25, -0.2) is 0 Å². The van der Waals surface area contributed by atoms with Gasteiger partial charge < -0.3 is 9.84 Å². The molecule has 0 saturated carbocycles. The van der Waals surface area contributed by atoms with Gasteiger partial charge in [0.05, 0.1) is 0 Å². The number of allylic oxidation sites excluding steroid dienone is 24. The minimum Gasteiger partial charge on any atom is -0.457 e. The van der Waals surface area contributed by atoms with Crippen molar-refractivity contribution in [2.24, 2.45) is 0 Å². The van der Waals surface area contributed by atoms with Crippen LogP contribution >= 0.6 is 0 Å². The highest BCUT2D eigenvalue weighted by molar-refractivity contribution is 6.36. The first-order valence-corrected chi connectivity index (χ1v) is 32.5. The summed E-state index contributed by atoms with van der Waals surface area (Å²) in [5.74, 6) is 3.94. The fourth-order valence-corrected chi connectivity index (χ4v) is 12.0. The topological polar surface area (TPSA) is 46.5 Å². The third kappa shape index (κ3) is 17.0. The number of carbonyl (C=O) groups is 1. The Morgan fingerprint density at radius 2 is 0.978 bits per heavy atom. The maximum Gasteiger partial charge on any atom is 0.195 e. The van der Waals surface area contributed by atoms with E-state index in [2.05, 4.69) is 198 Å². The minimum absolute atomic E-state index is 0.00938. The Hall–Kier alpha value is -9.51. The van der Waals surface area contributed by atoms with Gasteiger partial charge in [0.25, 0.3) is 0 Å². The van der Waals surface area contributed by atoms with Crippen LogP contribution in [0.4, 0.5) is 0 Å². The summed E-state index contributed by atoms with van der Waals surface area (Å²) in [6.45, 7) is 18.7. The third-order valence-electron chi connectivity index (χ3n) is 16.2. The average molecular weight is 1180 g/mol. The zero-order chi connectivity index (χ0) is 63.8. The van der Waals surface area contributed by atoms with Gasteiger partial charge in [0, 0.05) is 39.0 Å². The van der Waals surface area contributed by atoms with Gasteiger partial charge in [-0.3, -0.25) is 4.79 Å². The maximum atomic E-state index is 14.8. The van der Waals surface area contributed by atoms with Crippen molar-refractivity contribution in [1.82, 2.24) is 0 Å². The van der Waals surface area contributed by atoms with E-state index in [1.54, 1.807) is 5.57 Å². The van der Waals surface area contributed by atoms with E-state index in [9.17, 15) is 9.90 Å². The van der Waals surface area contributed by atoms with Crippen LogP contribution in [0.2, 0.25) is 0 Å². The molecule has 6 aromatic carbocycles. The molecule has 0 radical (unpaired) electrons. The first-order valence-electron chi connectivity index (χ1n) is 32.5. The van der Waals surface area contributed by atoms with Gasteiger partial charge in [-0.15, -0.1) is 6.42 Å². The van der Waals surface area contributed by atoms with Crippen molar-refractivity contribution in [1.29, 1.82) is 0 Å². The van der Waals surface area contributed by atoms with E-state index in [1.165, 1.54) is 44.1 Å². The molecule has 0 fully saturated rings. The van der Waals surface area contributed by atoms with E-state index in [1.807, 2.05) is 113 Å². The van der Waals surface area contributed by atoms with E-state index in [0.717, 1.165) is 131 Å². The van der Waals surface area contributed by atoms with Crippen molar-refractivity contribution < 1.29 is 14.6 Å². The van der Waals surface area contributed by atoms with Crippen LogP contribution in [0, 0.1) is 33.1 Å². The summed E-state index contributed by atoms with van der Waals surface area (Å²) in [6, 6.07) is 51.8. The van der Waals surface area contributed by atoms with Crippen molar-refractivity contribution in [2.45, 2.75) is 133 Å². The van der Waals surface area contributed by atoms with E-state index in [0.29, 0.717) is 17.1 Å². The van der Waals surface area contributed by atoms with Crippen LogP contribution in [0.15, 0.2) is 281 Å². The predicted octanol–water partition coefficient (Wildman–Crippen LogP) is 22.9. The van der Waals surface area contributed by atoms with Gasteiger partial charge in [-0.05, 0) is 197 Å². The first kappa shape index (κ1) is 66.4. The summed E-state index contributed by atoms with van der Waals surface area (Å²) in [5, 5.41) is 12.4. The molecule has 7 aliphatic rings. The quantitative estimate of drug-likeness (QED) is 0.0845. The molecule has 6 aromatic rings. The Kier molecular flexibility index (Phi) is 24.9. The summed E-state index contributed by atoms with van der Waals surface area (Å²) < 4.78 is 6.55. The molecule has 7 aliphatic carbocycles. The Morgan fingerprint density at radius 3 is 1.40 bits per heavy atom. The third-order valence-corrected chi connectivity index (χ3v) is 16.2. The number of Topliss-reactive ketones (excluding diaryl/α,β-unsaturated/α-hetero) is 1. The minimum atomic E-state index is -0.845. The number of terminal acetylenes is 1. The van der Waals surface area contributed by atoms with Crippen molar-refractivity contribution in [3.05, 3.63) is 331 Å². The molecule has 0 heterocycles. The number of aryl methyl sites for hydroxylation is 3. The first-order chi connectivity index (χ1) is 44.0. The Labute approximate surface area is 538 Å². The fourth-order valence-electron chi connectivity index (χ4n) is 12.0. The molecule has 0 aromatic heterocycles. The number of aliphatic hydroxyl groups is 1. The fraction of sp³-hybridized carbons (Fsp3) is 0.230. The van der Waals surface area contributed by atoms with Crippen LogP contribution in [-0.4, -0.2) is 17.0 Å². The molecule has 0 bridgehead atoms. The lowest BCUT2D eigenvalue weighted by Crippen LogP contribution is -2.09. The van der Waals surface area contributed by atoms with E-state index in [-0.39, 0.29) is 5.78 Å². The summed E-state index contributed by atoms with van der Waals surface area (Å²) in [4.78, 5) is 14.8. The Balaban J connectivity index is 0.000000334. The van der Waals surface area contributed by atoms with Crippen molar-refractivity contribution >= 4 is 39.2 Å². The summed E-state index contributed by atoms with van der Waals surface area (Å²) >= 11 is 0. The molecule has 1 atom stereocenters. The van der Waals surface area contributed by atoms with E-state index >= 15 is 0 Å². The number of rotatable bonds is 10. The number of carbonyl (C=O) groups excluding carboxylic acids is 1. The molecule has 3 nitrogen and oxygen atoms in total. The second-order valence-electron chi connectivity index (χ2n) is 22.8. The molecule has 0 amide bonds. The molecule has 0 aliphatic heterocycles. The Morgan fingerprint density at radius 1 is 0.467 bits per heavy atom. The van der Waals surface area contributed by atoms with Gasteiger partial charge in [-0.2, -0.15) is 0 Å². The largest absolute Gasteiger partial charge is 0.457 e. The lowest BCUT2D eigenvalue weighted by molar-refractivity contribution is -0.111. The van der Waals surface area contributed by atoms with Gasteiger partial charge in [-0.1, -0.05) is 261 Å². The lowest BCUT2D eigenvalue weighted by atomic mass is 9.88. The molecule has 1 unspecified atom stereocenters. The van der Waals surface area contributed by atoms with Gasteiger partial charge in [0.15, 0.2) is 5.78 Å². The monoisotopic (exact) mass is 1180 g/mol. The molecule has 0 saturated heterocycles. The molecule has 0 spiro atoms. The highest BCUT2D eigenvalue weighted by Crippen LogP contribution is 2.53. The van der Waals surface area contributed by atoms with E-state index < -0.39 is 6.10 Å². The molecular formula is C87H88O3. The molecular weight excluding hydrogens is 1090 g/mol. The SMILES string of the molecule is C#CC1=CCCC=C1.CC.CC.CC1=CCCC=C1.CC1=CCCCC1.Cc1ccc(C2=C(C3=CCCC=C3)C(=O)C(C3=CC=C=C=C3)=C2c2ccc(Oc3ccc(C4=C(c5ccccc5)C(O)C(c5ccccc5)=C4c4cc(C)cc(C)c4)cc3)cc2)cc1. The number of ether oxygens (including phenoxy) is 1. The molecule has 1 N–H and O–H groups in total. The normalized spacial score (nSPS) is 16.9. The number of hydrogen-bond acceptors (Lipinski definition) is 3. The average Bonchev–Trinajstić information content (AvgIpc) is 1.60. The highest BCUT2D eigenvalue weighted by Gasteiger charge is 2.38. The van der Waals surface area contributed by atoms with Crippen molar-refractivity contribution in [3.63, 3.8) is 0 Å². The number of hydrogen-bond donors (Lipinski definition) is 1. The van der Waals surface area contributed by atoms with Crippen LogP contribution in [0.3, 0.4) is 0 Å². The number of benzene rings is 6. The smallest absolute Gasteiger partial charge is 0.195 e. The second kappa shape index (κ2) is 33.7. The van der Waals surface area contributed by atoms with Crippen LogP contribution < -0.4 is 4.74 Å². The van der Waals surface area contributed by atoms with Crippen LogP contribution in [0.5, 0.6) is 11.5 Å². The van der Waals surface area contributed by atoms with Gasteiger partial charge in [0.2, 0.25) is 0 Å².